The third-order valence-electron chi connectivity index (χ3n) is 5.66. The maximum absolute atomic E-state index is 13.4. The molecule has 0 spiro atoms. The zero-order valence-corrected chi connectivity index (χ0v) is 22.7. The van der Waals surface area contributed by atoms with E-state index < -0.39 is 11.8 Å². The first-order valence-electron chi connectivity index (χ1n) is 13.0. The molecule has 0 aliphatic heterocycles. The molecule has 0 fully saturated rings. The highest BCUT2D eigenvalue weighted by Gasteiger charge is 2.10. The number of ether oxygens (including phenoxy) is 4. The van der Waals surface area contributed by atoms with Gasteiger partial charge in [0.15, 0.2) is 11.6 Å². The number of benzene rings is 3. The SMILES string of the molecule is CCC(C)COC(=O)c1ccc(-c2ccccc2)cc1.CCOCCOCCOc1ccc(C(=O)O)cc1F. The molecule has 1 N–H and O–H groups in total. The predicted molar refractivity (Wildman–Crippen MR) is 148 cm³/mol. The summed E-state index contributed by atoms with van der Waals surface area (Å²) < 4.78 is 34.1. The van der Waals surface area contributed by atoms with Crippen LogP contribution in [0.25, 0.3) is 11.1 Å². The van der Waals surface area contributed by atoms with Crippen LogP contribution in [0.4, 0.5) is 4.39 Å². The van der Waals surface area contributed by atoms with E-state index in [1.165, 1.54) is 12.1 Å². The van der Waals surface area contributed by atoms with E-state index in [9.17, 15) is 14.0 Å². The van der Waals surface area contributed by atoms with Gasteiger partial charge in [-0.3, -0.25) is 0 Å². The third-order valence-corrected chi connectivity index (χ3v) is 5.66. The van der Waals surface area contributed by atoms with Crippen molar-refractivity contribution >= 4 is 11.9 Å². The Morgan fingerprint density at radius 1 is 0.821 bits per heavy atom. The molecule has 3 aromatic rings. The molecule has 0 amide bonds. The fourth-order valence-electron chi connectivity index (χ4n) is 3.17. The van der Waals surface area contributed by atoms with Crippen molar-refractivity contribution in [2.75, 3.05) is 39.6 Å². The Bertz CT molecular complexity index is 1130. The van der Waals surface area contributed by atoms with Crippen LogP contribution in [0.1, 0.15) is 47.9 Å². The number of esters is 1. The second-order valence-electron chi connectivity index (χ2n) is 8.66. The van der Waals surface area contributed by atoms with E-state index in [1.807, 2.05) is 49.4 Å². The molecule has 0 saturated heterocycles. The highest BCUT2D eigenvalue weighted by Crippen LogP contribution is 2.20. The van der Waals surface area contributed by atoms with Gasteiger partial charge in [-0.25, -0.2) is 14.0 Å². The largest absolute Gasteiger partial charge is 0.488 e. The monoisotopic (exact) mass is 540 g/mol. The van der Waals surface area contributed by atoms with Crippen molar-refractivity contribution in [3.05, 3.63) is 89.7 Å². The van der Waals surface area contributed by atoms with Crippen LogP contribution in [0, 0.1) is 11.7 Å². The Hall–Kier alpha value is -3.75. The molecule has 210 valence electrons. The number of hydrogen-bond acceptors (Lipinski definition) is 6. The molecular weight excluding hydrogens is 503 g/mol. The van der Waals surface area contributed by atoms with Crippen molar-refractivity contribution in [3.63, 3.8) is 0 Å². The lowest BCUT2D eigenvalue weighted by molar-refractivity contribution is 0.0400. The molecule has 0 saturated carbocycles. The van der Waals surface area contributed by atoms with E-state index in [0.717, 1.165) is 23.6 Å². The number of carbonyl (C=O) groups excluding carboxylic acids is 1. The Morgan fingerprint density at radius 3 is 2.05 bits per heavy atom. The molecule has 0 aromatic heterocycles. The van der Waals surface area contributed by atoms with Crippen molar-refractivity contribution in [3.8, 4) is 16.9 Å². The summed E-state index contributed by atoms with van der Waals surface area (Å²) in [7, 11) is 0. The van der Waals surface area contributed by atoms with Gasteiger partial charge in [-0.1, -0.05) is 62.7 Å². The number of carboxylic acid groups (broad SMARTS) is 1. The summed E-state index contributed by atoms with van der Waals surface area (Å²) in [6.07, 6.45) is 1.01. The minimum absolute atomic E-state index is 0.0124. The van der Waals surface area contributed by atoms with Gasteiger partial charge in [0.1, 0.15) is 6.61 Å². The molecule has 7 nitrogen and oxygen atoms in total. The Morgan fingerprint density at radius 2 is 1.44 bits per heavy atom. The molecule has 0 bridgehead atoms. The minimum Gasteiger partial charge on any atom is -0.488 e. The summed E-state index contributed by atoms with van der Waals surface area (Å²) in [4.78, 5) is 22.5. The first-order chi connectivity index (χ1) is 18.8. The molecule has 39 heavy (non-hydrogen) atoms. The van der Waals surface area contributed by atoms with Crippen LogP contribution in [0.15, 0.2) is 72.8 Å². The summed E-state index contributed by atoms with van der Waals surface area (Å²) in [5, 5.41) is 8.68. The van der Waals surface area contributed by atoms with E-state index >= 15 is 0 Å². The highest BCUT2D eigenvalue weighted by atomic mass is 19.1. The van der Waals surface area contributed by atoms with Crippen molar-refractivity contribution in [2.24, 2.45) is 5.92 Å². The lowest BCUT2D eigenvalue weighted by atomic mass is 10.0. The molecule has 3 aromatic carbocycles. The average Bonchev–Trinajstić information content (AvgIpc) is 2.96. The maximum Gasteiger partial charge on any atom is 0.338 e. The lowest BCUT2D eigenvalue weighted by Gasteiger charge is -2.10. The summed E-state index contributed by atoms with van der Waals surface area (Å²) in [5.41, 5.74) is 2.74. The second-order valence-corrected chi connectivity index (χ2v) is 8.66. The first kappa shape index (κ1) is 31.5. The van der Waals surface area contributed by atoms with Gasteiger partial charge in [-0.2, -0.15) is 0 Å². The fraction of sp³-hybridized carbons (Fsp3) is 0.355. The zero-order chi connectivity index (χ0) is 28.5. The standard InChI is InChI=1S/C18H20O2.C13H17FO5/c1-3-14(2)13-20-18(19)17-11-9-16(10-12-17)15-7-5-4-6-8-15;1-2-17-5-6-18-7-8-19-12-4-3-10(13(15)16)9-11(12)14/h4-12,14H,3,13H2,1-2H3;3-4,9H,2,5-8H2,1H3,(H,15,16). The smallest absolute Gasteiger partial charge is 0.338 e. The van der Waals surface area contributed by atoms with Gasteiger partial charge >= 0.3 is 11.9 Å². The minimum atomic E-state index is -1.18. The summed E-state index contributed by atoms with van der Waals surface area (Å²) in [6, 6.07) is 21.2. The zero-order valence-electron chi connectivity index (χ0n) is 22.7. The van der Waals surface area contributed by atoms with E-state index in [2.05, 4.69) is 26.0 Å². The van der Waals surface area contributed by atoms with Crippen LogP contribution in [0.5, 0.6) is 5.75 Å². The molecule has 0 radical (unpaired) electrons. The number of rotatable bonds is 14. The number of halogens is 1. The van der Waals surface area contributed by atoms with Gasteiger partial charge in [0, 0.05) is 6.61 Å². The molecule has 0 aliphatic carbocycles. The Labute approximate surface area is 229 Å². The lowest BCUT2D eigenvalue weighted by Crippen LogP contribution is -2.11. The van der Waals surface area contributed by atoms with Crippen molar-refractivity contribution in [1.29, 1.82) is 0 Å². The normalized spacial score (nSPS) is 11.2. The molecule has 0 heterocycles. The Balaban J connectivity index is 0.000000274. The van der Waals surface area contributed by atoms with E-state index in [4.69, 9.17) is 24.1 Å². The van der Waals surface area contributed by atoms with Gasteiger partial charge in [0.05, 0.1) is 37.6 Å². The molecule has 8 heteroatoms. The molecular formula is C31H37FO7. The topological polar surface area (TPSA) is 91.3 Å². The predicted octanol–water partition coefficient (Wildman–Crippen LogP) is 6.51. The number of aromatic carboxylic acids is 1. The van der Waals surface area contributed by atoms with E-state index in [-0.39, 0.29) is 23.9 Å². The quantitative estimate of drug-likeness (QED) is 0.184. The number of hydrogen-bond donors (Lipinski definition) is 1. The van der Waals surface area contributed by atoms with Crippen LogP contribution >= 0.6 is 0 Å². The van der Waals surface area contributed by atoms with E-state index in [0.29, 0.717) is 44.5 Å². The number of carbonyl (C=O) groups is 2. The molecule has 1 unspecified atom stereocenters. The first-order valence-corrected chi connectivity index (χ1v) is 13.0. The number of carboxylic acids is 1. The van der Waals surface area contributed by atoms with Crippen LogP contribution in [-0.4, -0.2) is 56.7 Å². The van der Waals surface area contributed by atoms with Gasteiger partial charge in [0.2, 0.25) is 0 Å². The van der Waals surface area contributed by atoms with Gasteiger partial charge in [-0.15, -0.1) is 0 Å². The van der Waals surface area contributed by atoms with E-state index in [1.54, 1.807) is 0 Å². The summed E-state index contributed by atoms with van der Waals surface area (Å²) >= 11 is 0. The second kappa shape index (κ2) is 17.7. The maximum atomic E-state index is 13.4. The van der Waals surface area contributed by atoms with Crippen molar-refractivity contribution in [1.82, 2.24) is 0 Å². The van der Waals surface area contributed by atoms with Crippen LogP contribution in [0.2, 0.25) is 0 Å². The summed E-state index contributed by atoms with van der Waals surface area (Å²) in [6.45, 7) is 8.65. The molecule has 3 rings (SSSR count). The summed E-state index contributed by atoms with van der Waals surface area (Å²) in [5.74, 6) is -1.70. The van der Waals surface area contributed by atoms with Crippen molar-refractivity contribution < 1.29 is 38.0 Å². The average molecular weight is 541 g/mol. The van der Waals surface area contributed by atoms with Gasteiger partial charge in [-0.05, 0) is 54.3 Å². The van der Waals surface area contributed by atoms with Crippen LogP contribution < -0.4 is 4.74 Å². The van der Waals surface area contributed by atoms with Crippen molar-refractivity contribution in [2.45, 2.75) is 27.2 Å². The highest BCUT2D eigenvalue weighted by molar-refractivity contribution is 5.90. The Kier molecular flexibility index (Phi) is 14.3. The molecule has 1 atom stereocenters. The van der Waals surface area contributed by atoms with Gasteiger partial charge < -0.3 is 24.1 Å². The van der Waals surface area contributed by atoms with Gasteiger partial charge in [0.25, 0.3) is 0 Å². The van der Waals surface area contributed by atoms with Crippen LogP contribution in [0.3, 0.4) is 0 Å². The molecule has 0 aliphatic rings. The van der Waals surface area contributed by atoms with Crippen LogP contribution in [-0.2, 0) is 14.2 Å². The third kappa shape index (κ3) is 11.7. The fourth-order valence-corrected chi connectivity index (χ4v) is 3.17.